The first kappa shape index (κ1) is 37.3. The standard InChI is InChI=1S/C44H50N2O8/c1-43(2)18-12-16-29-19-33-35(23-38(29)52-3)45-34(28-13-9-7-10-14-28)22-39(33)54-32-21-36-37(47)25-44(42(50)51)24-31(44)17-11-6-4-5-8-15-30(20-40(48)53-27-43)41(49)46(36)26-32/h7,9-14,16-17,19,22-23,30-32,36H,4-6,8,15,18,20-21,24-27H2,1-3H3,(H,50,51)/b16-12+,17-11-/t30-,31-,32-,36+,44-/m1/s1. The number of allylic oxidation sites excluding steroid dienone is 3. The quantitative estimate of drug-likeness (QED) is 0.211. The number of cyclic esters (lactones) is 1. The van der Waals surface area contributed by atoms with Crippen LogP contribution in [0.3, 0.4) is 0 Å². The first-order valence-electron chi connectivity index (χ1n) is 19.3. The fourth-order valence-electron chi connectivity index (χ4n) is 8.29. The molecule has 2 aromatic carbocycles. The van der Waals surface area contributed by atoms with E-state index in [0.29, 0.717) is 42.0 Å². The number of fused-ring (bicyclic) bond motifs is 4. The summed E-state index contributed by atoms with van der Waals surface area (Å²) < 4.78 is 18.5. The molecule has 4 aliphatic rings. The fraction of sp³-hybridized carbons (Fsp3) is 0.477. The Kier molecular flexibility index (Phi) is 10.6. The number of benzene rings is 2. The largest absolute Gasteiger partial charge is 0.496 e. The van der Waals surface area contributed by atoms with E-state index in [9.17, 15) is 24.3 Å². The van der Waals surface area contributed by atoms with Crippen LogP contribution in [0.5, 0.6) is 11.5 Å². The average Bonchev–Trinajstić information content (AvgIpc) is 3.69. The molecule has 7 rings (SSSR count). The molecule has 1 saturated heterocycles. The number of nitrogens with zero attached hydrogens (tertiary/aromatic N) is 2. The number of ketones is 1. The van der Waals surface area contributed by atoms with Crippen molar-refractivity contribution in [1.29, 1.82) is 0 Å². The third-order valence-corrected chi connectivity index (χ3v) is 11.6. The molecule has 1 N–H and O–H groups in total. The molecule has 54 heavy (non-hydrogen) atoms. The van der Waals surface area contributed by atoms with Crippen molar-refractivity contribution in [2.45, 2.75) is 90.2 Å². The molecule has 1 saturated carbocycles. The van der Waals surface area contributed by atoms with Crippen molar-refractivity contribution >= 4 is 40.6 Å². The van der Waals surface area contributed by atoms with Crippen molar-refractivity contribution in [1.82, 2.24) is 9.88 Å². The Hall–Kier alpha value is -4.99. The van der Waals surface area contributed by atoms with Gasteiger partial charge in [-0.25, -0.2) is 4.98 Å². The van der Waals surface area contributed by atoms with Gasteiger partial charge in [0.25, 0.3) is 0 Å². The monoisotopic (exact) mass is 734 g/mol. The highest BCUT2D eigenvalue weighted by molar-refractivity contribution is 5.96. The summed E-state index contributed by atoms with van der Waals surface area (Å²) in [5, 5.41) is 11.1. The van der Waals surface area contributed by atoms with E-state index in [4.69, 9.17) is 19.2 Å². The number of carbonyl (C=O) groups is 4. The lowest BCUT2D eigenvalue weighted by Gasteiger charge is -2.29. The molecular formula is C44H50N2O8. The maximum absolute atomic E-state index is 14.6. The molecule has 3 aromatic rings. The Morgan fingerprint density at radius 1 is 1.04 bits per heavy atom. The summed E-state index contributed by atoms with van der Waals surface area (Å²) in [6.45, 7) is 4.35. The van der Waals surface area contributed by atoms with Gasteiger partial charge in [-0.2, -0.15) is 0 Å². The number of Topliss-reactive ketones (excluding diaryl/α,β-unsaturated/α-hetero) is 1. The van der Waals surface area contributed by atoms with Crippen LogP contribution < -0.4 is 9.47 Å². The number of aliphatic carboxylic acids is 1. The SMILES string of the molecule is COc1cc2nc(-c3ccccc3)cc3c2cc1/C=C/CC(C)(C)COC(=O)C[C@H]1CCCCC/C=C\[C@@H]2C[C@@]2(C(=O)O)CC(=O)[C@@H]2C[C@H](CN2C1=O)O3. The number of esters is 1. The predicted octanol–water partition coefficient (Wildman–Crippen LogP) is 7.82. The third kappa shape index (κ3) is 7.93. The third-order valence-electron chi connectivity index (χ3n) is 11.6. The minimum Gasteiger partial charge on any atom is -0.496 e. The maximum Gasteiger partial charge on any atom is 0.310 e. The number of hydrogen-bond acceptors (Lipinski definition) is 8. The van der Waals surface area contributed by atoms with Gasteiger partial charge in [-0.15, -0.1) is 0 Å². The van der Waals surface area contributed by atoms with Crippen LogP contribution in [0.15, 0.2) is 66.8 Å². The van der Waals surface area contributed by atoms with Gasteiger partial charge < -0.3 is 24.2 Å². The van der Waals surface area contributed by atoms with Crippen molar-refractivity contribution in [3.05, 3.63) is 72.3 Å². The number of methoxy groups -OCH3 is 1. The highest BCUT2D eigenvalue weighted by Crippen LogP contribution is 2.57. The summed E-state index contributed by atoms with van der Waals surface area (Å²) in [5.41, 5.74) is 1.51. The van der Waals surface area contributed by atoms with E-state index in [-0.39, 0.29) is 55.4 Å². The lowest BCUT2D eigenvalue weighted by Crippen LogP contribution is -2.45. The van der Waals surface area contributed by atoms with Crippen LogP contribution in [-0.2, 0) is 23.9 Å². The molecule has 5 bridgehead atoms. The molecular weight excluding hydrogens is 684 g/mol. The number of carboxylic acid groups (broad SMARTS) is 1. The second-order valence-electron chi connectivity index (χ2n) is 16.3. The van der Waals surface area contributed by atoms with Crippen LogP contribution >= 0.6 is 0 Å². The van der Waals surface area contributed by atoms with Gasteiger partial charge in [-0.1, -0.05) is 81.3 Å². The van der Waals surface area contributed by atoms with Gasteiger partial charge in [0, 0.05) is 52.8 Å². The second-order valence-corrected chi connectivity index (χ2v) is 16.3. The van der Waals surface area contributed by atoms with E-state index in [2.05, 4.69) is 0 Å². The molecule has 2 fully saturated rings. The normalized spacial score (nSPS) is 28.8. The molecule has 0 unspecified atom stereocenters. The minimum absolute atomic E-state index is 0.0953. The van der Waals surface area contributed by atoms with Crippen molar-refractivity contribution in [2.24, 2.45) is 22.7 Å². The molecule has 10 heteroatoms. The van der Waals surface area contributed by atoms with Crippen LogP contribution in [0.1, 0.15) is 83.6 Å². The summed E-state index contributed by atoms with van der Waals surface area (Å²) in [5.74, 6) is -1.74. The maximum atomic E-state index is 14.6. The second kappa shape index (κ2) is 15.4. The van der Waals surface area contributed by atoms with E-state index >= 15 is 0 Å². The Bertz CT molecular complexity index is 1990. The first-order valence-corrected chi connectivity index (χ1v) is 19.3. The highest BCUT2D eigenvalue weighted by Gasteiger charge is 2.61. The van der Waals surface area contributed by atoms with Crippen molar-refractivity contribution in [3.8, 4) is 22.8 Å². The Labute approximate surface area is 316 Å². The number of ether oxygens (including phenoxy) is 3. The van der Waals surface area contributed by atoms with Crippen molar-refractivity contribution < 1.29 is 38.5 Å². The highest BCUT2D eigenvalue weighted by atomic mass is 16.5. The van der Waals surface area contributed by atoms with Gasteiger partial charge in [0.1, 0.15) is 17.6 Å². The Morgan fingerprint density at radius 2 is 1.85 bits per heavy atom. The Balaban J connectivity index is 1.33. The molecule has 0 radical (unpaired) electrons. The summed E-state index contributed by atoms with van der Waals surface area (Å²) in [6.07, 6.45) is 12.1. The zero-order chi connectivity index (χ0) is 38.0. The number of hydrogen-bond donors (Lipinski definition) is 1. The van der Waals surface area contributed by atoms with Crippen LogP contribution in [0, 0.1) is 22.7 Å². The van der Waals surface area contributed by atoms with E-state index in [1.165, 1.54) is 0 Å². The van der Waals surface area contributed by atoms with Crippen LogP contribution in [0.2, 0.25) is 0 Å². The number of amides is 1. The predicted molar refractivity (Wildman–Crippen MR) is 205 cm³/mol. The van der Waals surface area contributed by atoms with Gasteiger partial charge in [0.15, 0.2) is 5.78 Å². The zero-order valence-electron chi connectivity index (χ0n) is 31.4. The number of aromatic nitrogens is 1. The van der Waals surface area contributed by atoms with Crippen LogP contribution in [0.4, 0.5) is 0 Å². The van der Waals surface area contributed by atoms with Crippen LogP contribution in [0.25, 0.3) is 28.2 Å². The van der Waals surface area contributed by atoms with Crippen molar-refractivity contribution in [3.63, 3.8) is 0 Å². The van der Waals surface area contributed by atoms with Gasteiger partial charge >= 0.3 is 11.9 Å². The molecule has 3 aliphatic heterocycles. The molecule has 1 aliphatic carbocycles. The Morgan fingerprint density at radius 3 is 2.63 bits per heavy atom. The molecule has 284 valence electrons. The average molecular weight is 735 g/mol. The molecule has 1 amide bonds. The molecule has 10 nitrogen and oxygen atoms in total. The molecule has 1 aromatic heterocycles. The number of carbonyl (C=O) groups excluding carboxylic acids is 3. The van der Waals surface area contributed by atoms with E-state index in [0.717, 1.165) is 42.2 Å². The smallest absolute Gasteiger partial charge is 0.310 e. The van der Waals surface area contributed by atoms with Gasteiger partial charge in [0.05, 0.1) is 49.3 Å². The summed E-state index contributed by atoms with van der Waals surface area (Å²) in [4.78, 5) is 61.6. The fourth-order valence-corrected chi connectivity index (χ4v) is 8.29. The minimum atomic E-state index is -1.18. The number of rotatable bonds is 3. The molecule has 4 heterocycles. The first-order chi connectivity index (χ1) is 26.0. The lowest BCUT2D eigenvalue weighted by atomic mass is 9.90. The van der Waals surface area contributed by atoms with Crippen LogP contribution in [-0.4, -0.2) is 71.0 Å². The zero-order valence-corrected chi connectivity index (χ0v) is 31.4. The van der Waals surface area contributed by atoms with Gasteiger partial charge in [0.2, 0.25) is 5.91 Å². The van der Waals surface area contributed by atoms with Gasteiger partial charge in [-0.3, -0.25) is 19.2 Å². The van der Waals surface area contributed by atoms with Crippen molar-refractivity contribution in [2.75, 3.05) is 20.3 Å². The number of carboxylic acids is 1. The van der Waals surface area contributed by atoms with E-state index in [1.54, 1.807) is 12.0 Å². The topological polar surface area (TPSA) is 132 Å². The van der Waals surface area contributed by atoms with E-state index < -0.39 is 35.4 Å². The van der Waals surface area contributed by atoms with E-state index in [1.807, 2.05) is 86.7 Å². The lowest BCUT2D eigenvalue weighted by molar-refractivity contribution is -0.152. The van der Waals surface area contributed by atoms with Gasteiger partial charge in [-0.05, 0) is 44.1 Å². The number of pyridine rings is 1. The molecule has 5 atom stereocenters. The summed E-state index contributed by atoms with van der Waals surface area (Å²) in [6, 6.07) is 14.7. The molecule has 0 spiro atoms. The summed E-state index contributed by atoms with van der Waals surface area (Å²) >= 11 is 0. The summed E-state index contributed by atoms with van der Waals surface area (Å²) in [7, 11) is 1.62.